The summed E-state index contributed by atoms with van der Waals surface area (Å²) in [6.45, 7) is 2.10. The molecule has 0 radical (unpaired) electrons. The second-order valence-corrected chi connectivity index (χ2v) is 5.17. The molecule has 3 aromatic rings. The number of para-hydroxylation sites is 3. The van der Waals surface area contributed by atoms with Crippen LogP contribution in [0.5, 0.6) is 0 Å². The molecule has 0 spiro atoms. The first-order valence-corrected chi connectivity index (χ1v) is 6.99. The summed E-state index contributed by atoms with van der Waals surface area (Å²) in [7, 11) is 0. The molecule has 0 aliphatic carbocycles. The van der Waals surface area contributed by atoms with Gasteiger partial charge in [0.25, 0.3) is 0 Å². The van der Waals surface area contributed by atoms with Crippen LogP contribution in [0, 0.1) is 6.92 Å². The van der Waals surface area contributed by atoms with E-state index in [9.17, 15) is 4.79 Å². The van der Waals surface area contributed by atoms with Gasteiger partial charge in [0.15, 0.2) is 0 Å². The van der Waals surface area contributed by atoms with Crippen LogP contribution in [-0.2, 0) is 11.3 Å². The van der Waals surface area contributed by atoms with Gasteiger partial charge in [0, 0.05) is 0 Å². The van der Waals surface area contributed by atoms with Crippen LogP contribution in [0.1, 0.15) is 5.82 Å². The Labute approximate surface area is 127 Å². The van der Waals surface area contributed by atoms with Crippen molar-refractivity contribution in [2.75, 3.05) is 5.32 Å². The Bertz CT molecular complexity index is 810. The lowest BCUT2D eigenvalue weighted by Crippen LogP contribution is -2.19. The normalized spacial score (nSPS) is 10.8. The predicted molar refractivity (Wildman–Crippen MR) is 84.6 cm³/mol. The second kappa shape index (κ2) is 5.58. The summed E-state index contributed by atoms with van der Waals surface area (Å²) < 4.78 is 1.89. The predicted octanol–water partition coefficient (Wildman–Crippen LogP) is 3.64. The lowest BCUT2D eigenvalue weighted by atomic mass is 10.3. The van der Waals surface area contributed by atoms with Crippen molar-refractivity contribution in [2.45, 2.75) is 13.5 Å². The maximum Gasteiger partial charge on any atom is 0.244 e. The lowest BCUT2D eigenvalue weighted by molar-refractivity contribution is -0.116. The van der Waals surface area contributed by atoms with E-state index in [0.717, 1.165) is 16.9 Å². The van der Waals surface area contributed by atoms with Crippen molar-refractivity contribution in [1.82, 2.24) is 9.55 Å². The first-order chi connectivity index (χ1) is 10.1. The van der Waals surface area contributed by atoms with Gasteiger partial charge < -0.3 is 9.88 Å². The molecule has 2 aromatic carbocycles. The van der Waals surface area contributed by atoms with E-state index in [1.807, 2.05) is 47.9 Å². The molecule has 0 saturated heterocycles. The average Bonchev–Trinajstić information content (AvgIpc) is 2.78. The van der Waals surface area contributed by atoms with Crippen LogP contribution in [0.4, 0.5) is 5.69 Å². The molecule has 1 heterocycles. The van der Waals surface area contributed by atoms with Crippen LogP contribution in [0.3, 0.4) is 0 Å². The zero-order chi connectivity index (χ0) is 14.8. The Morgan fingerprint density at radius 2 is 1.90 bits per heavy atom. The Kier molecular flexibility index (Phi) is 3.62. The summed E-state index contributed by atoms with van der Waals surface area (Å²) in [6, 6.07) is 14.9. The van der Waals surface area contributed by atoms with Gasteiger partial charge in [-0.2, -0.15) is 0 Å². The van der Waals surface area contributed by atoms with Gasteiger partial charge in [-0.25, -0.2) is 4.98 Å². The smallest absolute Gasteiger partial charge is 0.244 e. The van der Waals surface area contributed by atoms with Crippen LogP contribution in [0.25, 0.3) is 11.0 Å². The number of carbonyl (C=O) groups excluding carboxylic acids is 1. The molecule has 0 aliphatic rings. The van der Waals surface area contributed by atoms with E-state index in [-0.39, 0.29) is 12.5 Å². The third-order valence-corrected chi connectivity index (χ3v) is 3.62. The second-order valence-electron chi connectivity index (χ2n) is 4.76. The van der Waals surface area contributed by atoms with Crippen molar-refractivity contribution < 1.29 is 4.79 Å². The topological polar surface area (TPSA) is 46.9 Å². The molecule has 4 nitrogen and oxygen atoms in total. The number of imidazole rings is 1. The molecule has 5 heteroatoms. The van der Waals surface area contributed by atoms with Gasteiger partial charge in [0.05, 0.1) is 21.7 Å². The first kappa shape index (κ1) is 13.6. The highest BCUT2D eigenvalue weighted by Crippen LogP contribution is 2.21. The number of benzene rings is 2. The number of hydrogen-bond acceptors (Lipinski definition) is 2. The van der Waals surface area contributed by atoms with Crippen molar-refractivity contribution >= 4 is 34.2 Å². The summed E-state index contributed by atoms with van der Waals surface area (Å²) >= 11 is 6.04. The maximum absolute atomic E-state index is 12.2. The van der Waals surface area contributed by atoms with Gasteiger partial charge in [0.2, 0.25) is 5.91 Å². The van der Waals surface area contributed by atoms with Gasteiger partial charge in [-0.1, -0.05) is 35.9 Å². The Balaban J connectivity index is 1.84. The fraction of sp³-hybridized carbons (Fsp3) is 0.125. The fourth-order valence-electron chi connectivity index (χ4n) is 2.29. The number of carbonyl (C=O) groups is 1. The SMILES string of the molecule is Cc1nc2ccccc2n1CC(=O)Nc1ccccc1Cl. The standard InChI is InChI=1S/C16H14ClN3O/c1-11-18-14-8-4-5-9-15(14)20(11)10-16(21)19-13-7-3-2-6-12(13)17/h2-9H,10H2,1H3,(H,19,21). The molecule has 0 unspecified atom stereocenters. The quantitative estimate of drug-likeness (QED) is 0.802. The fourth-order valence-corrected chi connectivity index (χ4v) is 2.47. The molecular formula is C16H14ClN3O. The van der Waals surface area contributed by atoms with Crippen molar-refractivity contribution in [2.24, 2.45) is 0 Å². The average molecular weight is 300 g/mol. The van der Waals surface area contributed by atoms with E-state index < -0.39 is 0 Å². The Morgan fingerprint density at radius 3 is 2.71 bits per heavy atom. The minimum Gasteiger partial charge on any atom is -0.323 e. The van der Waals surface area contributed by atoms with E-state index in [0.29, 0.717) is 10.7 Å². The minimum absolute atomic E-state index is 0.130. The molecule has 1 amide bonds. The zero-order valence-corrected chi connectivity index (χ0v) is 12.3. The van der Waals surface area contributed by atoms with Gasteiger partial charge in [-0.3, -0.25) is 4.79 Å². The van der Waals surface area contributed by atoms with Crippen LogP contribution in [0.2, 0.25) is 5.02 Å². The third kappa shape index (κ3) is 2.76. The third-order valence-electron chi connectivity index (χ3n) is 3.30. The summed E-state index contributed by atoms with van der Waals surface area (Å²) in [4.78, 5) is 16.7. The number of anilines is 1. The summed E-state index contributed by atoms with van der Waals surface area (Å²) in [6.07, 6.45) is 0. The summed E-state index contributed by atoms with van der Waals surface area (Å²) in [5.74, 6) is 0.680. The molecule has 1 aromatic heterocycles. The molecule has 0 saturated carbocycles. The van der Waals surface area contributed by atoms with E-state index in [2.05, 4.69) is 10.3 Å². The van der Waals surface area contributed by atoms with Crippen LogP contribution >= 0.6 is 11.6 Å². The molecule has 0 aliphatic heterocycles. The van der Waals surface area contributed by atoms with Crippen LogP contribution < -0.4 is 5.32 Å². The monoisotopic (exact) mass is 299 g/mol. The minimum atomic E-state index is -0.130. The van der Waals surface area contributed by atoms with E-state index in [1.54, 1.807) is 12.1 Å². The van der Waals surface area contributed by atoms with Crippen molar-refractivity contribution in [1.29, 1.82) is 0 Å². The van der Waals surface area contributed by atoms with Gasteiger partial charge in [-0.15, -0.1) is 0 Å². The molecule has 0 fully saturated rings. The number of halogens is 1. The van der Waals surface area contributed by atoms with E-state index in [4.69, 9.17) is 11.6 Å². The van der Waals surface area contributed by atoms with Gasteiger partial charge in [0.1, 0.15) is 12.4 Å². The highest BCUT2D eigenvalue weighted by atomic mass is 35.5. The molecule has 0 bridgehead atoms. The Morgan fingerprint density at radius 1 is 1.19 bits per heavy atom. The molecule has 1 N–H and O–H groups in total. The number of nitrogens with zero attached hydrogens (tertiary/aromatic N) is 2. The number of fused-ring (bicyclic) bond motifs is 1. The van der Waals surface area contributed by atoms with Gasteiger partial charge in [-0.05, 0) is 31.2 Å². The molecule has 0 atom stereocenters. The van der Waals surface area contributed by atoms with Crippen LogP contribution in [-0.4, -0.2) is 15.5 Å². The number of nitrogens with one attached hydrogen (secondary N) is 1. The number of hydrogen-bond donors (Lipinski definition) is 1. The van der Waals surface area contributed by atoms with Crippen molar-refractivity contribution in [3.05, 3.63) is 59.4 Å². The molecule has 3 rings (SSSR count). The summed E-state index contributed by atoms with van der Waals surface area (Å²) in [5.41, 5.74) is 2.45. The highest BCUT2D eigenvalue weighted by molar-refractivity contribution is 6.33. The largest absolute Gasteiger partial charge is 0.323 e. The highest BCUT2D eigenvalue weighted by Gasteiger charge is 2.11. The molecular weight excluding hydrogens is 286 g/mol. The van der Waals surface area contributed by atoms with Gasteiger partial charge >= 0.3 is 0 Å². The number of amides is 1. The zero-order valence-electron chi connectivity index (χ0n) is 11.5. The molecule has 106 valence electrons. The van der Waals surface area contributed by atoms with Crippen molar-refractivity contribution in [3.63, 3.8) is 0 Å². The maximum atomic E-state index is 12.2. The number of rotatable bonds is 3. The van der Waals surface area contributed by atoms with E-state index in [1.165, 1.54) is 0 Å². The van der Waals surface area contributed by atoms with E-state index >= 15 is 0 Å². The first-order valence-electron chi connectivity index (χ1n) is 6.61. The Hall–Kier alpha value is -2.33. The number of aromatic nitrogens is 2. The molecule has 21 heavy (non-hydrogen) atoms. The summed E-state index contributed by atoms with van der Waals surface area (Å²) in [5, 5.41) is 3.35. The number of aryl methyl sites for hydroxylation is 1. The van der Waals surface area contributed by atoms with Crippen molar-refractivity contribution in [3.8, 4) is 0 Å². The lowest BCUT2D eigenvalue weighted by Gasteiger charge is -2.09. The van der Waals surface area contributed by atoms with Crippen LogP contribution in [0.15, 0.2) is 48.5 Å².